The molecule has 0 atom stereocenters. The van der Waals surface area contributed by atoms with Crippen molar-refractivity contribution in [3.8, 4) is 11.3 Å². The lowest BCUT2D eigenvalue weighted by molar-refractivity contribution is 0.0520. The van der Waals surface area contributed by atoms with Crippen LogP contribution in [0.2, 0.25) is 0 Å². The van der Waals surface area contributed by atoms with Crippen molar-refractivity contribution in [2.24, 2.45) is 7.05 Å². The minimum absolute atomic E-state index is 0.0427. The van der Waals surface area contributed by atoms with E-state index in [2.05, 4.69) is 15.4 Å². The van der Waals surface area contributed by atoms with Crippen LogP contribution in [-0.4, -0.2) is 49.1 Å². The standard InChI is InChI=1S/C12H17N5O3/c1-3-20-12(19)10-11(9-7-13-16(2)8-9)17(15-14-10)5-4-6-18/h7-8,18H,3-6H2,1-2H3. The van der Waals surface area contributed by atoms with Gasteiger partial charge in [0.15, 0.2) is 5.69 Å². The van der Waals surface area contributed by atoms with E-state index in [-0.39, 0.29) is 18.9 Å². The second-order valence-corrected chi connectivity index (χ2v) is 4.21. The summed E-state index contributed by atoms with van der Waals surface area (Å²) in [4.78, 5) is 11.9. The first kappa shape index (κ1) is 14.2. The molecule has 8 heteroatoms. The van der Waals surface area contributed by atoms with Gasteiger partial charge in [0.2, 0.25) is 0 Å². The van der Waals surface area contributed by atoms with E-state index in [0.29, 0.717) is 18.7 Å². The molecule has 0 radical (unpaired) electrons. The van der Waals surface area contributed by atoms with Gasteiger partial charge >= 0.3 is 5.97 Å². The van der Waals surface area contributed by atoms with Gasteiger partial charge in [-0.3, -0.25) is 4.68 Å². The SMILES string of the molecule is CCOC(=O)c1nnn(CCCO)c1-c1cnn(C)c1. The van der Waals surface area contributed by atoms with Crippen molar-refractivity contribution < 1.29 is 14.6 Å². The first-order chi connectivity index (χ1) is 9.67. The van der Waals surface area contributed by atoms with E-state index in [1.807, 2.05) is 0 Å². The molecule has 0 saturated carbocycles. The van der Waals surface area contributed by atoms with Crippen molar-refractivity contribution >= 4 is 5.97 Å². The number of aliphatic hydroxyl groups is 1. The fraction of sp³-hybridized carbons (Fsp3) is 0.500. The highest BCUT2D eigenvalue weighted by Crippen LogP contribution is 2.22. The van der Waals surface area contributed by atoms with Crippen molar-refractivity contribution in [3.63, 3.8) is 0 Å². The van der Waals surface area contributed by atoms with Crippen LogP contribution < -0.4 is 0 Å². The molecule has 1 N–H and O–H groups in total. The third-order valence-corrected chi connectivity index (χ3v) is 2.71. The fourth-order valence-corrected chi connectivity index (χ4v) is 1.86. The predicted molar refractivity (Wildman–Crippen MR) is 69.9 cm³/mol. The molecular weight excluding hydrogens is 262 g/mol. The Kier molecular flexibility index (Phi) is 4.46. The van der Waals surface area contributed by atoms with Gasteiger partial charge in [0.25, 0.3) is 0 Å². The van der Waals surface area contributed by atoms with Gasteiger partial charge in [-0.05, 0) is 13.3 Å². The highest BCUT2D eigenvalue weighted by molar-refractivity contribution is 5.93. The molecule has 2 aromatic heterocycles. The van der Waals surface area contributed by atoms with E-state index >= 15 is 0 Å². The van der Waals surface area contributed by atoms with Crippen molar-refractivity contribution in [1.82, 2.24) is 24.8 Å². The first-order valence-electron chi connectivity index (χ1n) is 6.37. The summed E-state index contributed by atoms with van der Waals surface area (Å²) >= 11 is 0. The summed E-state index contributed by atoms with van der Waals surface area (Å²) in [5.41, 5.74) is 1.46. The van der Waals surface area contributed by atoms with E-state index in [9.17, 15) is 4.79 Å². The second-order valence-electron chi connectivity index (χ2n) is 4.21. The molecule has 2 heterocycles. The zero-order valence-electron chi connectivity index (χ0n) is 11.5. The number of hydrogen-bond acceptors (Lipinski definition) is 6. The number of ether oxygens (including phenoxy) is 1. The minimum atomic E-state index is -0.512. The maximum Gasteiger partial charge on any atom is 0.361 e. The molecule has 0 spiro atoms. The maximum atomic E-state index is 11.9. The molecule has 0 amide bonds. The molecule has 0 aliphatic rings. The number of esters is 1. The van der Waals surface area contributed by atoms with Gasteiger partial charge in [0.1, 0.15) is 5.69 Å². The lowest BCUT2D eigenvalue weighted by atomic mass is 10.2. The zero-order valence-corrected chi connectivity index (χ0v) is 11.5. The highest BCUT2D eigenvalue weighted by atomic mass is 16.5. The van der Waals surface area contributed by atoms with E-state index in [1.165, 1.54) is 0 Å². The van der Waals surface area contributed by atoms with Crippen LogP contribution in [0.4, 0.5) is 0 Å². The summed E-state index contributed by atoms with van der Waals surface area (Å²) in [7, 11) is 1.79. The quantitative estimate of drug-likeness (QED) is 0.761. The molecule has 2 rings (SSSR count). The molecule has 8 nitrogen and oxygen atoms in total. The largest absolute Gasteiger partial charge is 0.461 e. The Hall–Kier alpha value is -2.22. The summed E-state index contributed by atoms with van der Waals surface area (Å²) < 4.78 is 8.20. The van der Waals surface area contributed by atoms with Gasteiger partial charge < -0.3 is 9.84 Å². The lowest BCUT2D eigenvalue weighted by Crippen LogP contribution is -2.09. The van der Waals surface area contributed by atoms with E-state index in [4.69, 9.17) is 9.84 Å². The van der Waals surface area contributed by atoms with E-state index < -0.39 is 5.97 Å². The number of nitrogens with zero attached hydrogens (tertiary/aromatic N) is 5. The van der Waals surface area contributed by atoms with Gasteiger partial charge in [-0.25, -0.2) is 9.48 Å². The van der Waals surface area contributed by atoms with Crippen LogP contribution in [0.1, 0.15) is 23.8 Å². The first-order valence-corrected chi connectivity index (χ1v) is 6.37. The average molecular weight is 279 g/mol. The molecule has 0 bridgehead atoms. The normalized spacial score (nSPS) is 10.8. The van der Waals surface area contributed by atoms with Gasteiger partial charge in [-0.1, -0.05) is 5.21 Å². The number of carbonyl (C=O) groups is 1. The third kappa shape index (κ3) is 2.85. The molecule has 2 aromatic rings. The predicted octanol–water partition coefficient (Wildman–Crippen LogP) is 0.238. The second kappa shape index (κ2) is 6.29. The molecule has 0 fully saturated rings. The molecule has 108 valence electrons. The summed E-state index contributed by atoms with van der Waals surface area (Å²) in [6.07, 6.45) is 3.94. The van der Waals surface area contributed by atoms with E-state index in [1.54, 1.807) is 35.7 Å². The van der Waals surface area contributed by atoms with Crippen LogP contribution in [0.25, 0.3) is 11.3 Å². The fourth-order valence-electron chi connectivity index (χ4n) is 1.86. The molecule has 0 aliphatic carbocycles. The Morgan fingerprint density at radius 3 is 2.90 bits per heavy atom. The molecule has 0 saturated heterocycles. The number of rotatable bonds is 6. The Bertz CT molecular complexity index is 590. The summed E-state index contributed by atoms with van der Waals surface area (Å²) in [5, 5.41) is 20.9. The molecule has 0 unspecified atom stereocenters. The van der Waals surface area contributed by atoms with E-state index in [0.717, 1.165) is 5.56 Å². The summed E-state index contributed by atoms with van der Waals surface area (Å²) in [6.45, 7) is 2.51. The van der Waals surface area contributed by atoms with Crippen molar-refractivity contribution in [2.75, 3.05) is 13.2 Å². The Morgan fingerprint density at radius 1 is 1.50 bits per heavy atom. The highest BCUT2D eigenvalue weighted by Gasteiger charge is 2.22. The van der Waals surface area contributed by atoms with Gasteiger partial charge in [0.05, 0.1) is 12.8 Å². The molecule has 0 aromatic carbocycles. The van der Waals surface area contributed by atoms with Crippen LogP contribution in [0.3, 0.4) is 0 Å². The molecule has 20 heavy (non-hydrogen) atoms. The van der Waals surface area contributed by atoms with Crippen LogP contribution in [0, 0.1) is 0 Å². The maximum absolute atomic E-state index is 11.9. The Labute approximate surface area is 116 Å². The number of hydrogen-bond donors (Lipinski definition) is 1. The van der Waals surface area contributed by atoms with Crippen LogP contribution in [0.5, 0.6) is 0 Å². The molecular formula is C12H17N5O3. The molecule has 0 aliphatic heterocycles. The Morgan fingerprint density at radius 2 is 2.30 bits per heavy atom. The van der Waals surface area contributed by atoms with Crippen molar-refractivity contribution in [2.45, 2.75) is 19.9 Å². The topological polar surface area (TPSA) is 95.1 Å². The Balaban J connectivity index is 2.42. The van der Waals surface area contributed by atoms with Crippen LogP contribution in [0.15, 0.2) is 12.4 Å². The number of aromatic nitrogens is 5. The van der Waals surface area contributed by atoms with Crippen molar-refractivity contribution in [3.05, 3.63) is 18.1 Å². The van der Waals surface area contributed by atoms with Gasteiger partial charge in [-0.15, -0.1) is 5.10 Å². The lowest BCUT2D eigenvalue weighted by Gasteiger charge is -2.05. The summed E-state index contributed by atoms with van der Waals surface area (Å²) in [5.74, 6) is -0.512. The van der Waals surface area contributed by atoms with Crippen molar-refractivity contribution in [1.29, 1.82) is 0 Å². The van der Waals surface area contributed by atoms with Crippen LogP contribution >= 0.6 is 0 Å². The third-order valence-electron chi connectivity index (χ3n) is 2.71. The monoisotopic (exact) mass is 279 g/mol. The number of aryl methyl sites for hydroxylation is 2. The average Bonchev–Trinajstić information content (AvgIpc) is 3.02. The number of aliphatic hydroxyl groups excluding tert-OH is 1. The zero-order chi connectivity index (χ0) is 14.5. The number of carbonyl (C=O) groups excluding carboxylic acids is 1. The smallest absolute Gasteiger partial charge is 0.361 e. The summed E-state index contributed by atoms with van der Waals surface area (Å²) in [6, 6.07) is 0. The van der Waals surface area contributed by atoms with Crippen LogP contribution in [-0.2, 0) is 18.3 Å². The van der Waals surface area contributed by atoms with Gasteiger partial charge in [0, 0.05) is 32.0 Å². The van der Waals surface area contributed by atoms with Gasteiger partial charge in [-0.2, -0.15) is 5.10 Å². The minimum Gasteiger partial charge on any atom is -0.461 e.